The number of rotatable bonds is 4. The van der Waals surface area contributed by atoms with Gasteiger partial charge in [-0.15, -0.1) is 0 Å². The van der Waals surface area contributed by atoms with E-state index in [1.165, 1.54) is 7.11 Å². The molecule has 106 valence electrons. The van der Waals surface area contributed by atoms with E-state index in [1.54, 1.807) is 24.3 Å². The fraction of sp³-hybridized carbons (Fsp3) is 0.538. The molecule has 0 amide bonds. The van der Waals surface area contributed by atoms with Crippen LogP contribution in [0.5, 0.6) is 5.75 Å². The zero-order valence-electron chi connectivity index (χ0n) is 10.5. The van der Waals surface area contributed by atoms with Crippen LogP contribution < -0.4 is 4.74 Å². The van der Waals surface area contributed by atoms with E-state index in [0.717, 1.165) is 0 Å². The molecule has 0 radical (unpaired) electrons. The highest BCUT2D eigenvalue weighted by atomic mass is 16.7. The predicted molar refractivity (Wildman–Crippen MR) is 65.6 cm³/mol. The Morgan fingerprint density at radius 2 is 1.84 bits per heavy atom. The van der Waals surface area contributed by atoms with Gasteiger partial charge in [-0.1, -0.05) is 18.2 Å². The van der Waals surface area contributed by atoms with Crippen molar-refractivity contribution in [3.8, 4) is 5.75 Å². The molecule has 0 aliphatic carbocycles. The number of hydrogen-bond donors (Lipinski definition) is 3. The van der Waals surface area contributed by atoms with Crippen LogP contribution in [-0.2, 0) is 9.47 Å². The lowest BCUT2D eigenvalue weighted by molar-refractivity contribution is -0.281. The third-order valence-electron chi connectivity index (χ3n) is 3.09. The van der Waals surface area contributed by atoms with Crippen molar-refractivity contribution in [2.45, 2.75) is 30.7 Å². The Morgan fingerprint density at radius 1 is 1.16 bits per heavy atom. The lowest BCUT2D eigenvalue weighted by atomic mass is 9.99. The van der Waals surface area contributed by atoms with Gasteiger partial charge >= 0.3 is 0 Å². The van der Waals surface area contributed by atoms with Gasteiger partial charge in [-0.05, 0) is 12.1 Å². The summed E-state index contributed by atoms with van der Waals surface area (Å²) >= 11 is 0. The molecule has 0 bridgehead atoms. The van der Waals surface area contributed by atoms with Crippen molar-refractivity contribution in [3.05, 3.63) is 30.3 Å². The Bertz CT molecular complexity index is 382. The van der Waals surface area contributed by atoms with Gasteiger partial charge in [0.05, 0.1) is 6.61 Å². The quantitative estimate of drug-likeness (QED) is 0.685. The molecule has 0 unspecified atom stereocenters. The van der Waals surface area contributed by atoms with Crippen molar-refractivity contribution < 1.29 is 29.5 Å². The highest BCUT2D eigenvalue weighted by Gasteiger charge is 2.45. The Morgan fingerprint density at radius 3 is 2.42 bits per heavy atom. The van der Waals surface area contributed by atoms with Gasteiger partial charge in [0.25, 0.3) is 0 Å². The van der Waals surface area contributed by atoms with E-state index in [4.69, 9.17) is 14.2 Å². The molecule has 0 aromatic heterocycles. The summed E-state index contributed by atoms with van der Waals surface area (Å²) in [7, 11) is 1.38. The highest BCUT2D eigenvalue weighted by molar-refractivity contribution is 5.21. The highest BCUT2D eigenvalue weighted by Crippen LogP contribution is 2.25. The SMILES string of the molecule is CO[C@H]1[C@H](O)[C@@H](O)[C@H](Oc2ccccc2)O[C@@H]1CO. The average Bonchev–Trinajstić information content (AvgIpc) is 2.45. The van der Waals surface area contributed by atoms with Crippen LogP contribution in [0, 0.1) is 0 Å². The molecule has 19 heavy (non-hydrogen) atoms. The average molecular weight is 270 g/mol. The number of aliphatic hydroxyl groups excluding tert-OH is 3. The number of aliphatic hydroxyl groups is 3. The summed E-state index contributed by atoms with van der Waals surface area (Å²) in [5.74, 6) is 0.506. The van der Waals surface area contributed by atoms with E-state index in [0.29, 0.717) is 5.75 Å². The van der Waals surface area contributed by atoms with Gasteiger partial charge in [0.2, 0.25) is 6.29 Å². The topological polar surface area (TPSA) is 88.4 Å². The van der Waals surface area contributed by atoms with Gasteiger partial charge in [-0.3, -0.25) is 0 Å². The summed E-state index contributed by atoms with van der Waals surface area (Å²) in [5, 5.41) is 29.1. The van der Waals surface area contributed by atoms with Crippen LogP contribution >= 0.6 is 0 Å². The molecule has 1 aliphatic rings. The molecule has 2 rings (SSSR count). The van der Waals surface area contributed by atoms with Crippen molar-refractivity contribution in [3.63, 3.8) is 0 Å². The standard InChI is InChI=1S/C13H18O6/c1-17-12-9(7-14)19-13(11(16)10(12)15)18-8-5-3-2-4-6-8/h2-6,9-16H,7H2,1H3/t9-,10-,11-,12-,13-/m1/s1. The van der Waals surface area contributed by atoms with Gasteiger partial charge in [-0.25, -0.2) is 0 Å². The Balaban J connectivity index is 2.09. The van der Waals surface area contributed by atoms with Gasteiger partial charge < -0.3 is 29.5 Å². The second kappa shape index (κ2) is 6.31. The number of methoxy groups -OCH3 is 1. The molecule has 1 fully saturated rings. The van der Waals surface area contributed by atoms with Crippen LogP contribution in [0.25, 0.3) is 0 Å². The first-order valence-electron chi connectivity index (χ1n) is 6.04. The van der Waals surface area contributed by atoms with E-state index in [1.807, 2.05) is 6.07 Å². The van der Waals surface area contributed by atoms with Crippen LogP contribution in [0.2, 0.25) is 0 Å². The van der Waals surface area contributed by atoms with Crippen molar-refractivity contribution in [1.82, 2.24) is 0 Å². The molecule has 3 N–H and O–H groups in total. The van der Waals surface area contributed by atoms with Gasteiger partial charge in [0.15, 0.2) is 0 Å². The maximum Gasteiger partial charge on any atom is 0.229 e. The second-order valence-electron chi connectivity index (χ2n) is 4.34. The summed E-state index contributed by atoms with van der Waals surface area (Å²) in [6.45, 7) is -0.336. The minimum Gasteiger partial charge on any atom is -0.462 e. The van der Waals surface area contributed by atoms with Crippen LogP contribution in [0.1, 0.15) is 0 Å². The van der Waals surface area contributed by atoms with Gasteiger partial charge in [0.1, 0.15) is 30.2 Å². The molecule has 5 atom stereocenters. The van der Waals surface area contributed by atoms with E-state index < -0.39 is 30.7 Å². The van der Waals surface area contributed by atoms with Crippen molar-refractivity contribution in [1.29, 1.82) is 0 Å². The summed E-state index contributed by atoms with van der Waals surface area (Å²) < 4.78 is 15.9. The van der Waals surface area contributed by atoms with Crippen molar-refractivity contribution >= 4 is 0 Å². The Labute approximate surface area is 111 Å². The molecule has 1 aliphatic heterocycles. The third kappa shape index (κ3) is 3.05. The maximum atomic E-state index is 9.95. The fourth-order valence-electron chi connectivity index (χ4n) is 2.07. The summed E-state index contributed by atoms with van der Waals surface area (Å²) in [5.41, 5.74) is 0. The van der Waals surface area contributed by atoms with Gasteiger partial charge in [0, 0.05) is 7.11 Å². The zero-order valence-corrected chi connectivity index (χ0v) is 10.5. The van der Waals surface area contributed by atoms with Crippen molar-refractivity contribution in [2.24, 2.45) is 0 Å². The number of para-hydroxylation sites is 1. The molecule has 1 heterocycles. The molecule has 0 saturated carbocycles. The molecule has 6 heteroatoms. The van der Waals surface area contributed by atoms with Crippen LogP contribution in [0.15, 0.2) is 30.3 Å². The smallest absolute Gasteiger partial charge is 0.229 e. The fourth-order valence-corrected chi connectivity index (χ4v) is 2.07. The summed E-state index contributed by atoms with van der Waals surface area (Å²) in [4.78, 5) is 0. The first kappa shape index (κ1) is 14.2. The Kier molecular flexibility index (Phi) is 4.73. The lowest BCUT2D eigenvalue weighted by Gasteiger charge is -2.41. The second-order valence-corrected chi connectivity index (χ2v) is 4.34. The van der Waals surface area contributed by atoms with E-state index in [-0.39, 0.29) is 6.61 Å². The molecule has 1 aromatic rings. The minimum absolute atomic E-state index is 0.336. The molecular weight excluding hydrogens is 252 g/mol. The maximum absolute atomic E-state index is 9.95. The van der Waals surface area contributed by atoms with Gasteiger partial charge in [-0.2, -0.15) is 0 Å². The molecular formula is C13H18O6. The van der Waals surface area contributed by atoms with E-state index in [9.17, 15) is 15.3 Å². The molecule has 6 nitrogen and oxygen atoms in total. The summed E-state index contributed by atoms with van der Waals surface area (Å²) in [6, 6.07) is 8.81. The van der Waals surface area contributed by atoms with E-state index >= 15 is 0 Å². The monoisotopic (exact) mass is 270 g/mol. The number of ether oxygens (including phenoxy) is 3. The third-order valence-corrected chi connectivity index (χ3v) is 3.09. The lowest BCUT2D eigenvalue weighted by Crippen LogP contribution is -2.60. The Hall–Kier alpha value is -1.18. The normalized spacial score (nSPS) is 35.1. The predicted octanol–water partition coefficient (Wildman–Crippen LogP) is -0.481. The molecule has 1 saturated heterocycles. The van der Waals surface area contributed by atoms with Crippen LogP contribution in [0.4, 0.5) is 0 Å². The molecule has 0 spiro atoms. The van der Waals surface area contributed by atoms with Crippen molar-refractivity contribution in [2.75, 3.05) is 13.7 Å². The largest absolute Gasteiger partial charge is 0.462 e. The zero-order chi connectivity index (χ0) is 13.8. The molecule has 1 aromatic carbocycles. The first-order chi connectivity index (χ1) is 9.17. The first-order valence-corrected chi connectivity index (χ1v) is 6.04. The van der Waals surface area contributed by atoms with E-state index in [2.05, 4.69) is 0 Å². The number of benzene rings is 1. The summed E-state index contributed by atoms with van der Waals surface area (Å²) in [6.07, 6.45) is -5.05. The van der Waals surface area contributed by atoms with Crippen LogP contribution in [0.3, 0.4) is 0 Å². The minimum atomic E-state index is -1.26. The number of hydrogen-bond acceptors (Lipinski definition) is 6. The van der Waals surface area contributed by atoms with Crippen LogP contribution in [-0.4, -0.2) is 59.7 Å².